The fraction of sp³-hybridized carbons (Fsp3) is 0.500. The minimum atomic E-state index is -0.217. The Kier molecular flexibility index (Phi) is 1.92. The number of rotatable bonds is 2. The highest BCUT2D eigenvalue weighted by Crippen LogP contribution is 2.42. The van der Waals surface area contributed by atoms with Gasteiger partial charge in [0, 0.05) is 15.6 Å². The molecule has 4 heteroatoms. The molecule has 1 aliphatic heterocycles. The lowest BCUT2D eigenvalue weighted by Crippen LogP contribution is -2.12. The molecular formula is C8H9NO2S. The maximum Gasteiger partial charge on any atom is 0.211 e. The number of hydrogen-bond acceptors (Lipinski definition) is 3. The first-order valence-electron chi connectivity index (χ1n) is 3.92. The molecule has 1 heterocycles. The van der Waals surface area contributed by atoms with E-state index < -0.39 is 0 Å². The molecule has 0 radical (unpaired) electrons. The maximum atomic E-state index is 10.3. The molecule has 0 fully saturated rings. The van der Waals surface area contributed by atoms with Gasteiger partial charge in [-0.3, -0.25) is 10.1 Å². The smallest absolute Gasteiger partial charge is 0.211 e. The van der Waals surface area contributed by atoms with E-state index in [0.29, 0.717) is 0 Å². The summed E-state index contributed by atoms with van der Waals surface area (Å²) in [6.45, 7) is 0.0897. The zero-order valence-electron chi connectivity index (χ0n) is 6.53. The molecule has 1 unspecified atom stereocenters. The van der Waals surface area contributed by atoms with Gasteiger partial charge in [-0.1, -0.05) is 12.2 Å². The second-order valence-electron chi connectivity index (χ2n) is 2.99. The SMILES string of the molecule is O=[N+]([O-])CC1CC=C2SCC=C21. The molecule has 2 aliphatic rings. The number of nitro groups is 1. The maximum absolute atomic E-state index is 10.3. The summed E-state index contributed by atoms with van der Waals surface area (Å²) in [7, 11) is 0. The van der Waals surface area contributed by atoms with E-state index in [0.717, 1.165) is 12.2 Å². The van der Waals surface area contributed by atoms with E-state index in [1.807, 2.05) is 0 Å². The second kappa shape index (κ2) is 2.94. The number of allylic oxidation sites excluding steroid dienone is 2. The van der Waals surface area contributed by atoms with Crippen LogP contribution in [0.2, 0.25) is 0 Å². The predicted octanol–water partition coefficient (Wildman–Crippen LogP) is 1.84. The van der Waals surface area contributed by atoms with Crippen LogP contribution >= 0.6 is 11.8 Å². The van der Waals surface area contributed by atoms with Crippen LogP contribution in [-0.4, -0.2) is 17.2 Å². The van der Waals surface area contributed by atoms with Crippen LogP contribution in [0.5, 0.6) is 0 Å². The zero-order valence-corrected chi connectivity index (χ0v) is 7.34. The van der Waals surface area contributed by atoms with Crippen LogP contribution in [0.1, 0.15) is 6.42 Å². The molecule has 3 nitrogen and oxygen atoms in total. The molecule has 1 atom stereocenters. The first-order valence-corrected chi connectivity index (χ1v) is 4.91. The Balaban J connectivity index is 2.08. The van der Waals surface area contributed by atoms with Crippen molar-refractivity contribution < 1.29 is 4.92 Å². The summed E-state index contributed by atoms with van der Waals surface area (Å²) in [6.07, 6.45) is 5.10. The van der Waals surface area contributed by atoms with Gasteiger partial charge >= 0.3 is 0 Å². The first-order chi connectivity index (χ1) is 5.77. The number of hydrogen-bond donors (Lipinski definition) is 0. The van der Waals surface area contributed by atoms with E-state index in [4.69, 9.17) is 0 Å². The minimum Gasteiger partial charge on any atom is -0.265 e. The van der Waals surface area contributed by atoms with Crippen molar-refractivity contribution in [2.75, 3.05) is 12.3 Å². The van der Waals surface area contributed by atoms with Crippen LogP contribution in [0.3, 0.4) is 0 Å². The van der Waals surface area contributed by atoms with Crippen molar-refractivity contribution in [3.8, 4) is 0 Å². The Bertz CT molecular complexity index is 283. The minimum absolute atomic E-state index is 0.0897. The topological polar surface area (TPSA) is 43.1 Å². The lowest BCUT2D eigenvalue weighted by atomic mass is 10.0. The average molecular weight is 183 g/mol. The van der Waals surface area contributed by atoms with E-state index >= 15 is 0 Å². The summed E-state index contributed by atoms with van der Waals surface area (Å²) in [5.41, 5.74) is 1.22. The van der Waals surface area contributed by atoms with Gasteiger partial charge in [-0.2, -0.15) is 0 Å². The lowest BCUT2D eigenvalue weighted by Gasteiger charge is -2.04. The fourth-order valence-corrected chi connectivity index (χ4v) is 2.75. The standard InChI is InChI=1S/C8H9NO2S/c10-9(11)5-6-1-2-8-7(6)3-4-12-8/h2-3,6H,1,4-5H2. The number of thioether (sulfide) groups is 1. The fourth-order valence-electron chi connectivity index (χ4n) is 1.68. The molecular weight excluding hydrogens is 174 g/mol. The van der Waals surface area contributed by atoms with E-state index in [1.165, 1.54) is 10.5 Å². The highest BCUT2D eigenvalue weighted by Gasteiger charge is 2.29. The van der Waals surface area contributed by atoms with Crippen molar-refractivity contribution in [1.29, 1.82) is 0 Å². The lowest BCUT2D eigenvalue weighted by molar-refractivity contribution is -0.485. The largest absolute Gasteiger partial charge is 0.265 e. The van der Waals surface area contributed by atoms with Crippen molar-refractivity contribution in [2.24, 2.45) is 5.92 Å². The molecule has 0 bridgehead atoms. The van der Waals surface area contributed by atoms with Gasteiger partial charge in [0.2, 0.25) is 6.54 Å². The molecule has 12 heavy (non-hydrogen) atoms. The summed E-state index contributed by atoms with van der Waals surface area (Å²) in [4.78, 5) is 11.4. The van der Waals surface area contributed by atoms with Crippen molar-refractivity contribution in [3.05, 3.63) is 32.7 Å². The van der Waals surface area contributed by atoms with Gasteiger partial charge < -0.3 is 0 Å². The Morgan fingerprint density at radius 2 is 2.50 bits per heavy atom. The third-order valence-corrected chi connectivity index (χ3v) is 3.27. The van der Waals surface area contributed by atoms with Gasteiger partial charge in [0.05, 0.1) is 5.92 Å². The van der Waals surface area contributed by atoms with Crippen molar-refractivity contribution >= 4 is 11.8 Å². The molecule has 0 saturated heterocycles. The zero-order chi connectivity index (χ0) is 8.55. The predicted molar refractivity (Wildman–Crippen MR) is 48.6 cm³/mol. The highest BCUT2D eigenvalue weighted by molar-refractivity contribution is 8.03. The quantitative estimate of drug-likeness (QED) is 0.484. The summed E-state index contributed by atoms with van der Waals surface area (Å²) < 4.78 is 0. The van der Waals surface area contributed by atoms with E-state index in [-0.39, 0.29) is 17.4 Å². The van der Waals surface area contributed by atoms with Crippen LogP contribution in [0.15, 0.2) is 22.6 Å². The normalized spacial score (nSPS) is 26.5. The van der Waals surface area contributed by atoms with Crippen molar-refractivity contribution in [1.82, 2.24) is 0 Å². The Morgan fingerprint density at radius 3 is 3.25 bits per heavy atom. The molecule has 0 aromatic heterocycles. The van der Waals surface area contributed by atoms with Crippen molar-refractivity contribution in [2.45, 2.75) is 6.42 Å². The van der Waals surface area contributed by atoms with E-state index in [1.54, 1.807) is 11.8 Å². The van der Waals surface area contributed by atoms with Gasteiger partial charge in [-0.25, -0.2) is 0 Å². The average Bonchev–Trinajstić information content (AvgIpc) is 2.52. The van der Waals surface area contributed by atoms with E-state index in [9.17, 15) is 10.1 Å². The van der Waals surface area contributed by atoms with Crippen LogP contribution in [0, 0.1) is 16.0 Å². The number of nitrogens with zero attached hydrogens (tertiary/aromatic N) is 1. The molecule has 64 valence electrons. The van der Waals surface area contributed by atoms with Crippen LogP contribution in [0.4, 0.5) is 0 Å². The van der Waals surface area contributed by atoms with Gasteiger partial charge in [-0.05, 0) is 12.0 Å². The van der Waals surface area contributed by atoms with Gasteiger partial charge in [0.1, 0.15) is 0 Å². The van der Waals surface area contributed by atoms with Crippen LogP contribution in [-0.2, 0) is 0 Å². The van der Waals surface area contributed by atoms with Gasteiger partial charge in [0.15, 0.2) is 0 Å². The van der Waals surface area contributed by atoms with Crippen molar-refractivity contribution in [3.63, 3.8) is 0 Å². The van der Waals surface area contributed by atoms with Crippen LogP contribution in [0.25, 0.3) is 0 Å². The Labute approximate surface area is 74.7 Å². The molecule has 1 aliphatic carbocycles. The summed E-state index contributed by atoms with van der Waals surface area (Å²) in [5, 5.41) is 10.3. The molecule has 0 amide bonds. The van der Waals surface area contributed by atoms with E-state index in [2.05, 4.69) is 12.2 Å². The highest BCUT2D eigenvalue weighted by atomic mass is 32.2. The molecule has 0 saturated carbocycles. The first kappa shape index (κ1) is 7.86. The molecule has 0 aromatic carbocycles. The monoisotopic (exact) mass is 183 g/mol. The molecule has 0 N–H and O–H groups in total. The van der Waals surface area contributed by atoms with Crippen LogP contribution < -0.4 is 0 Å². The molecule has 0 aromatic rings. The summed E-state index contributed by atoms with van der Waals surface area (Å²) in [6, 6.07) is 0. The third kappa shape index (κ3) is 1.27. The number of fused-ring (bicyclic) bond motifs is 1. The summed E-state index contributed by atoms with van der Waals surface area (Å²) in [5.74, 6) is 1.15. The Hall–Kier alpha value is -0.770. The van der Waals surface area contributed by atoms with Gasteiger partial charge in [0.25, 0.3) is 0 Å². The molecule has 0 spiro atoms. The molecule has 2 rings (SSSR count). The second-order valence-corrected chi connectivity index (χ2v) is 4.05. The third-order valence-electron chi connectivity index (χ3n) is 2.22. The summed E-state index contributed by atoms with van der Waals surface area (Å²) >= 11 is 1.79. The van der Waals surface area contributed by atoms with Gasteiger partial charge in [-0.15, -0.1) is 11.8 Å². The Morgan fingerprint density at radius 1 is 1.67 bits per heavy atom.